The Morgan fingerprint density at radius 1 is 1.25 bits per heavy atom. The Hall–Kier alpha value is -2.56. The number of urea groups is 1. The summed E-state index contributed by atoms with van der Waals surface area (Å²) in [4.78, 5) is 21.6. The summed E-state index contributed by atoms with van der Waals surface area (Å²) in [6, 6.07) is 8.21. The van der Waals surface area contributed by atoms with Crippen LogP contribution in [0, 0.1) is 11.3 Å². The number of aromatic nitrogens is 1. The van der Waals surface area contributed by atoms with Crippen LogP contribution >= 0.6 is 0 Å². The van der Waals surface area contributed by atoms with Gasteiger partial charge in [-0.15, -0.1) is 0 Å². The van der Waals surface area contributed by atoms with E-state index in [0.717, 1.165) is 51.1 Å². The van der Waals surface area contributed by atoms with Crippen molar-refractivity contribution in [1.29, 1.82) is 5.26 Å². The van der Waals surface area contributed by atoms with Gasteiger partial charge in [0.1, 0.15) is 0 Å². The van der Waals surface area contributed by atoms with Crippen LogP contribution in [-0.4, -0.2) is 78.7 Å². The lowest BCUT2D eigenvalue weighted by atomic mass is 9.87. The monoisotopic (exact) mass is 380 g/mol. The Balaban J connectivity index is 1.44. The van der Waals surface area contributed by atoms with Crippen LogP contribution in [0.4, 0.5) is 4.79 Å². The van der Waals surface area contributed by atoms with Gasteiger partial charge in [-0.1, -0.05) is 0 Å². The van der Waals surface area contributed by atoms with Crippen molar-refractivity contribution in [2.45, 2.75) is 24.9 Å². The highest BCUT2D eigenvalue weighted by atomic mass is 16.2. The van der Waals surface area contributed by atoms with E-state index in [2.05, 4.69) is 27.5 Å². The number of piperazine rings is 1. The number of amides is 2. The van der Waals surface area contributed by atoms with E-state index in [4.69, 9.17) is 0 Å². The Morgan fingerprint density at radius 2 is 2.04 bits per heavy atom. The van der Waals surface area contributed by atoms with Crippen molar-refractivity contribution in [3.63, 3.8) is 0 Å². The first-order valence-corrected chi connectivity index (χ1v) is 10.0. The third kappa shape index (κ3) is 3.58. The van der Waals surface area contributed by atoms with Crippen molar-refractivity contribution in [3.05, 3.63) is 35.5 Å². The molecule has 7 heteroatoms. The molecular weight excluding hydrogens is 352 g/mol. The molecule has 0 bridgehead atoms. The van der Waals surface area contributed by atoms with Crippen molar-refractivity contribution in [2.24, 2.45) is 0 Å². The molecule has 0 radical (unpaired) electrons. The SMILES string of the molecule is CN(C)C(=O)N1CCN([C@@H]2CC(c3c[nH]c4ccc(C#N)cc34)CCN2)CC1. The van der Waals surface area contributed by atoms with Gasteiger partial charge >= 0.3 is 6.03 Å². The summed E-state index contributed by atoms with van der Waals surface area (Å²) in [6.45, 7) is 4.33. The zero-order valence-electron chi connectivity index (χ0n) is 16.6. The highest BCUT2D eigenvalue weighted by Gasteiger charge is 2.31. The number of nitriles is 1. The molecule has 3 heterocycles. The first kappa shape index (κ1) is 18.8. The summed E-state index contributed by atoms with van der Waals surface area (Å²) in [6.07, 6.45) is 4.59. The first-order valence-electron chi connectivity index (χ1n) is 10.0. The molecule has 1 aromatic heterocycles. The van der Waals surface area contributed by atoms with Gasteiger partial charge in [0.25, 0.3) is 0 Å². The lowest BCUT2D eigenvalue weighted by Crippen LogP contribution is -2.58. The lowest BCUT2D eigenvalue weighted by Gasteiger charge is -2.43. The van der Waals surface area contributed by atoms with Crippen LogP contribution in [0.5, 0.6) is 0 Å². The summed E-state index contributed by atoms with van der Waals surface area (Å²) in [5.74, 6) is 0.468. The molecule has 4 rings (SSSR count). The Kier molecular flexibility index (Phi) is 5.25. The molecule has 2 aliphatic heterocycles. The number of carbonyl (C=O) groups excluding carboxylic acids is 1. The Bertz CT molecular complexity index is 890. The van der Waals surface area contributed by atoms with Crippen molar-refractivity contribution < 1.29 is 4.79 Å². The Morgan fingerprint density at radius 3 is 2.75 bits per heavy atom. The van der Waals surface area contributed by atoms with E-state index >= 15 is 0 Å². The molecular formula is C21H28N6O. The number of benzene rings is 1. The molecule has 0 saturated carbocycles. The minimum absolute atomic E-state index is 0.0984. The largest absolute Gasteiger partial charge is 0.361 e. The molecule has 28 heavy (non-hydrogen) atoms. The van der Waals surface area contributed by atoms with Gasteiger partial charge < -0.3 is 20.1 Å². The van der Waals surface area contributed by atoms with E-state index < -0.39 is 0 Å². The van der Waals surface area contributed by atoms with Crippen molar-refractivity contribution >= 4 is 16.9 Å². The molecule has 148 valence electrons. The average molecular weight is 380 g/mol. The van der Waals surface area contributed by atoms with Crippen molar-refractivity contribution in [3.8, 4) is 6.07 Å². The molecule has 1 aromatic carbocycles. The fourth-order valence-electron chi connectivity index (χ4n) is 4.51. The van der Waals surface area contributed by atoms with Crippen LogP contribution in [0.25, 0.3) is 10.9 Å². The highest BCUT2D eigenvalue weighted by Crippen LogP contribution is 2.34. The standard InChI is InChI=1S/C21H28N6O/c1-25(2)21(28)27-9-7-26(8-10-27)20-12-16(5-6-23-20)18-14-24-19-4-3-15(13-22)11-17(18)19/h3-4,11,14,16,20,23-24H,5-10,12H2,1-2H3/t16?,20-/m1/s1. The number of nitrogens with zero attached hydrogens (tertiary/aromatic N) is 4. The minimum atomic E-state index is 0.0984. The van der Waals surface area contributed by atoms with Crippen molar-refractivity contribution in [1.82, 2.24) is 25.0 Å². The summed E-state index contributed by atoms with van der Waals surface area (Å²) < 4.78 is 0. The number of carbonyl (C=O) groups is 1. The molecule has 2 N–H and O–H groups in total. The molecule has 2 saturated heterocycles. The average Bonchev–Trinajstić information content (AvgIpc) is 3.16. The van der Waals surface area contributed by atoms with Crippen molar-refractivity contribution in [2.75, 3.05) is 46.8 Å². The third-order valence-electron chi connectivity index (χ3n) is 6.07. The molecule has 1 unspecified atom stereocenters. The fourth-order valence-corrected chi connectivity index (χ4v) is 4.51. The highest BCUT2D eigenvalue weighted by molar-refractivity contribution is 5.85. The molecule has 2 fully saturated rings. The van der Waals surface area contributed by atoms with Gasteiger partial charge in [-0.05, 0) is 49.1 Å². The van der Waals surface area contributed by atoms with Crippen LogP contribution in [0.1, 0.15) is 29.9 Å². The number of rotatable bonds is 2. The number of fused-ring (bicyclic) bond motifs is 1. The number of hydrogen-bond acceptors (Lipinski definition) is 4. The van der Waals surface area contributed by atoms with Crippen LogP contribution in [0.15, 0.2) is 24.4 Å². The Labute approximate surface area is 165 Å². The number of H-pyrrole nitrogens is 1. The molecule has 2 aromatic rings. The minimum Gasteiger partial charge on any atom is -0.361 e. The zero-order chi connectivity index (χ0) is 19.7. The predicted molar refractivity (Wildman–Crippen MR) is 109 cm³/mol. The number of nitrogens with one attached hydrogen (secondary N) is 2. The second-order valence-electron chi connectivity index (χ2n) is 8.01. The molecule has 2 atom stereocenters. The van der Waals surface area contributed by atoms with Crippen LogP contribution in [0.3, 0.4) is 0 Å². The fraction of sp³-hybridized carbons (Fsp3) is 0.524. The van der Waals surface area contributed by atoms with Crippen LogP contribution < -0.4 is 5.32 Å². The summed E-state index contributed by atoms with van der Waals surface area (Å²) >= 11 is 0. The normalized spacial score (nSPS) is 23.5. The molecule has 7 nitrogen and oxygen atoms in total. The number of hydrogen-bond donors (Lipinski definition) is 2. The summed E-state index contributed by atoms with van der Waals surface area (Å²) in [5, 5.41) is 14.1. The van der Waals surface area contributed by atoms with E-state index in [0.29, 0.717) is 17.6 Å². The lowest BCUT2D eigenvalue weighted by molar-refractivity contribution is 0.0692. The van der Waals surface area contributed by atoms with E-state index in [-0.39, 0.29) is 6.03 Å². The maximum Gasteiger partial charge on any atom is 0.319 e. The first-order chi connectivity index (χ1) is 13.6. The second-order valence-corrected chi connectivity index (χ2v) is 8.01. The van der Waals surface area contributed by atoms with Gasteiger partial charge in [0, 0.05) is 57.4 Å². The number of piperidine rings is 1. The van der Waals surface area contributed by atoms with Gasteiger partial charge in [0.2, 0.25) is 0 Å². The summed E-state index contributed by atoms with van der Waals surface area (Å²) in [5.41, 5.74) is 3.13. The maximum atomic E-state index is 12.2. The third-order valence-corrected chi connectivity index (χ3v) is 6.07. The molecule has 0 aliphatic carbocycles. The maximum absolute atomic E-state index is 12.2. The van der Waals surface area contributed by atoms with E-state index in [1.165, 1.54) is 10.9 Å². The topological polar surface area (TPSA) is 78.4 Å². The van der Waals surface area contributed by atoms with Crippen LogP contribution in [-0.2, 0) is 0 Å². The van der Waals surface area contributed by atoms with Gasteiger partial charge in [-0.2, -0.15) is 5.26 Å². The van der Waals surface area contributed by atoms with Crippen LogP contribution in [0.2, 0.25) is 0 Å². The second kappa shape index (κ2) is 7.82. The predicted octanol–water partition coefficient (Wildman–Crippen LogP) is 2.13. The van der Waals surface area contributed by atoms with Gasteiger partial charge in [0.05, 0.1) is 17.8 Å². The van der Waals surface area contributed by atoms with E-state index in [1.807, 2.05) is 23.1 Å². The quantitative estimate of drug-likeness (QED) is 0.837. The van der Waals surface area contributed by atoms with E-state index in [9.17, 15) is 10.1 Å². The smallest absolute Gasteiger partial charge is 0.319 e. The van der Waals surface area contributed by atoms with Gasteiger partial charge in [-0.3, -0.25) is 4.90 Å². The number of aromatic amines is 1. The van der Waals surface area contributed by atoms with E-state index in [1.54, 1.807) is 19.0 Å². The summed E-state index contributed by atoms with van der Waals surface area (Å²) in [7, 11) is 3.61. The van der Waals surface area contributed by atoms with Gasteiger partial charge in [-0.25, -0.2) is 4.79 Å². The molecule has 0 spiro atoms. The van der Waals surface area contributed by atoms with Gasteiger partial charge in [0.15, 0.2) is 0 Å². The molecule has 2 amide bonds. The zero-order valence-corrected chi connectivity index (χ0v) is 16.6. The molecule has 2 aliphatic rings.